The minimum Gasteiger partial charge on any atom is -0.494 e. The average Bonchev–Trinajstić information content (AvgIpc) is 3.03. The Morgan fingerprint density at radius 1 is 0.812 bits per heavy atom. The number of nitrogens with zero attached hydrogens (tertiary/aromatic N) is 5. The first-order valence-corrected chi connectivity index (χ1v) is 12.0. The van der Waals surface area contributed by atoms with Crippen LogP contribution in [0.3, 0.4) is 0 Å². The van der Waals surface area contributed by atoms with Crippen molar-refractivity contribution in [2.24, 2.45) is 11.8 Å². The van der Waals surface area contributed by atoms with Crippen molar-refractivity contribution in [3.63, 3.8) is 0 Å². The van der Waals surface area contributed by atoms with Crippen LogP contribution in [-0.2, 0) is 6.54 Å². The number of hydrogen-bond donors (Lipinski definition) is 2. The van der Waals surface area contributed by atoms with Crippen LogP contribution in [0.25, 0.3) is 0 Å². The zero-order valence-electron chi connectivity index (χ0n) is 17.9. The van der Waals surface area contributed by atoms with Crippen LogP contribution >= 0.6 is 11.6 Å². The van der Waals surface area contributed by atoms with Gasteiger partial charge in [0, 0.05) is 68.1 Å². The molecule has 1 saturated heterocycles. The molecule has 5 aliphatic rings. The van der Waals surface area contributed by atoms with E-state index in [4.69, 9.17) is 11.6 Å². The molecular formula is C24H28ClN5O2. The number of piperazine rings is 1. The maximum atomic E-state index is 10.9. The Bertz CT molecular complexity index is 1040. The highest BCUT2D eigenvalue weighted by Gasteiger charge is 2.49. The summed E-state index contributed by atoms with van der Waals surface area (Å²) >= 11 is 6.18. The SMILES string of the molecule is Oc1c2c(c(O)n1CCCCN1CCN(c3nccnc3Cl)CC1)C1C=CC2C2C=CC12. The second-order valence-corrected chi connectivity index (χ2v) is 9.67. The van der Waals surface area contributed by atoms with Gasteiger partial charge in [0.1, 0.15) is 0 Å². The summed E-state index contributed by atoms with van der Waals surface area (Å²) in [7, 11) is 0. The first-order valence-electron chi connectivity index (χ1n) is 11.6. The predicted octanol–water partition coefficient (Wildman–Crippen LogP) is 3.50. The number of halogens is 1. The molecule has 0 spiro atoms. The highest BCUT2D eigenvalue weighted by Crippen LogP contribution is 2.61. The largest absolute Gasteiger partial charge is 0.494 e. The lowest BCUT2D eigenvalue weighted by Crippen LogP contribution is -2.47. The predicted molar refractivity (Wildman–Crippen MR) is 123 cm³/mol. The van der Waals surface area contributed by atoms with Crippen molar-refractivity contribution < 1.29 is 10.2 Å². The molecule has 2 bridgehead atoms. The van der Waals surface area contributed by atoms with E-state index in [0.717, 1.165) is 62.5 Å². The molecule has 7 nitrogen and oxygen atoms in total. The molecule has 2 N–H and O–H groups in total. The molecule has 0 aromatic carbocycles. The molecule has 4 atom stereocenters. The molecular weight excluding hydrogens is 426 g/mol. The van der Waals surface area contributed by atoms with Crippen LogP contribution in [-0.4, -0.2) is 62.4 Å². The van der Waals surface area contributed by atoms with Crippen molar-refractivity contribution in [2.45, 2.75) is 31.2 Å². The third-order valence-corrected chi connectivity index (χ3v) is 7.99. The summed E-state index contributed by atoms with van der Waals surface area (Å²) in [6.45, 7) is 5.35. The van der Waals surface area contributed by atoms with E-state index < -0.39 is 0 Å². The van der Waals surface area contributed by atoms with Crippen LogP contribution in [0.15, 0.2) is 36.7 Å². The topological polar surface area (TPSA) is 77.7 Å². The average molecular weight is 454 g/mol. The summed E-state index contributed by atoms with van der Waals surface area (Å²) in [5, 5.41) is 22.3. The lowest BCUT2D eigenvalue weighted by Gasteiger charge is -2.47. The van der Waals surface area contributed by atoms with Gasteiger partial charge < -0.3 is 15.1 Å². The highest BCUT2D eigenvalue weighted by atomic mass is 35.5. The van der Waals surface area contributed by atoms with E-state index in [0.29, 0.717) is 23.5 Å². The second kappa shape index (κ2) is 7.81. The molecule has 4 aliphatic carbocycles. The number of allylic oxidation sites excluding steroid dienone is 4. The van der Waals surface area contributed by atoms with E-state index in [1.54, 1.807) is 17.0 Å². The molecule has 32 heavy (non-hydrogen) atoms. The quantitative estimate of drug-likeness (QED) is 0.515. The Labute approximate surface area is 192 Å². The third kappa shape index (κ3) is 3.05. The van der Waals surface area contributed by atoms with Crippen molar-refractivity contribution >= 4 is 17.4 Å². The maximum Gasteiger partial charge on any atom is 0.198 e. The zero-order valence-corrected chi connectivity index (χ0v) is 18.7. The van der Waals surface area contributed by atoms with E-state index in [9.17, 15) is 10.2 Å². The zero-order chi connectivity index (χ0) is 21.8. The first kappa shape index (κ1) is 20.1. The van der Waals surface area contributed by atoms with Crippen LogP contribution in [0, 0.1) is 11.8 Å². The maximum absolute atomic E-state index is 10.9. The van der Waals surface area contributed by atoms with Gasteiger partial charge in [-0.25, -0.2) is 9.97 Å². The number of hydrogen-bond acceptors (Lipinski definition) is 6. The van der Waals surface area contributed by atoms with E-state index in [1.165, 1.54) is 0 Å². The van der Waals surface area contributed by atoms with Crippen LogP contribution in [0.4, 0.5) is 5.82 Å². The summed E-state index contributed by atoms with van der Waals surface area (Å²) in [5.74, 6) is 2.68. The number of aromatic hydroxyl groups is 2. The standard InChI is InChI=1S/C24H28ClN5O2/c25-21-22(27-8-7-26-21)29-13-11-28(12-14-29)9-1-2-10-30-23(31)19-17-5-6-18(20(19)24(30)32)16-4-3-15(16)17/h3-8,15-18,31-32H,1-2,9-14H2. The van der Waals surface area contributed by atoms with Crippen molar-refractivity contribution in [3.05, 3.63) is 53.0 Å². The van der Waals surface area contributed by atoms with Crippen LogP contribution in [0.2, 0.25) is 5.15 Å². The Balaban J connectivity index is 1.03. The van der Waals surface area contributed by atoms with E-state index in [-0.39, 0.29) is 23.6 Å². The van der Waals surface area contributed by atoms with Gasteiger partial charge in [-0.3, -0.25) is 9.47 Å². The smallest absolute Gasteiger partial charge is 0.198 e. The number of aromatic nitrogens is 3. The van der Waals surface area contributed by atoms with Gasteiger partial charge in [-0.05, 0) is 31.2 Å². The first-order chi connectivity index (χ1) is 15.6. The fourth-order valence-corrected chi connectivity index (χ4v) is 6.20. The molecule has 4 unspecified atom stereocenters. The lowest BCUT2D eigenvalue weighted by atomic mass is 9.56. The summed E-state index contributed by atoms with van der Waals surface area (Å²) in [6, 6.07) is 0. The monoisotopic (exact) mass is 453 g/mol. The van der Waals surface area contributed by atoms with Gasteiger partial charge >= 0.3 is 0 Å². The van der Waals surface area contributed by atoms with E-state index in [2.05, 4.69) is 44.1 Å². The molecule has 1 fully saturated rings. The summed E-state index contributed by atoms with van der Waals surface area (Å²) in [5.41, 5.74) is 1.92. The van der Waals surface area contributed by atoms with Gasteiger partial charge in [0.2, 0.25) is 0 Å². The Morgan fingerprint density at radius 3 is 2.00 bits per heavy atom. The molecule has 168 valence electrons. The fraction of sp³-hybridized carbons (Fsp3) is 0.500. The second-order valence-electron chi connectivity index (χ2n) is 9.31. The Kier molecular flexibility index (Phi) is 4.91. The van der Waals surface area contributed by atoms with Gasteiger partial charge in [-0.1, -0.05) is 35.9 Å². The third-order valence-electron chi connectivity index (χ3n) is 7.72. The molecule has 7 rings (SSSR count). The van der Waals surface area contributed by atoms with Gasteiger partial charge in [0.25, 0.3) is 0 Å². The molecule has 1 aliphatic heterocycles. The molecule has 0 radical (unpaired) electrons. The summed E-state index contributed by atoms with van der Waals surface area (Å²) in [6.07, 6.45) is 14.2. The molecule has 8 heteroatoms. The Hall–Kier alpha value is -2.51. The number of unbranched alkanes of at least 4 members (excludes halogenated alkanes) is 1. The van der Waals surface area contributed by atoms with Crippen LogP contribution in [0.5, 0.6) is 11.8 Å². The fourth-order valence-electron chi connectivity index (χ4n) is 5.97. The van der Waals surface area contributed by atoms with Gasteiger partial charge in [-0.2, -0.15) is 0 Å². The summed E-state index contributed by atoms with van der Waals surface area (Å²) in [4.78, 5) is 13.1. The van der Waals surface area contributed by atoms with Gasteiger partial charge in [0.05, 0.1) is 0 Å². The molecule has 3 heterocycles. The van der Waals surface area contributed by atoms with E-state index >= 15 is 0 Å². The number of rotatable bonds is 6. The lowest BCUT2D eigenvalue weighted by molar-refractivity contribution is 0.249. The molecule has 2 aromatic heterocycles. The molecule has 0 saturated carbocycles. The van der Waals surface area contributed by atoms with Crippen molar-refractivity contribution in [2.75, 3.05) is 37.6 Å². The van der Waals surface area contributed by atoms with Gasteiger partial charge in [0.15, 0.2) is 22.7 Å². The minimum atomic E-state index is 0.205. The normalized spacial score (nSPS) is 28.0. The van der Waals surface area contributed by atoms with Crippen molar-refractivity contribution in [1.82, 2.24) is 19.4 Å². The molecule has 0 amide bonds. The van der Waals surface area contributed by atoms with E-state index in [1.807, 2.05) is 0 Å². The molecule has 2 aromatic rings. The van der Waals surface area contributed by atoms with Crippen molar-refractivity contribution in [1.29, 1.82) is 0 Å². The minimum absolute atomic E-state index is 0.205. The van der Waals surface area contributed by atoms with Crippen molar-refractivity contribution in [3.8, 4) is 11.8 Å². The van der Waals surface area contributed by atoms with Gasteiger partial charge in [-0.15, -0.1) is 0 Å². The summed E-state index contributed by atoms with van der Waals surface area (Å²) < 4.78 is 1.73. The van der Waals surface area contributed by atoms with Crippen LogP contribution in [0.1, 0.15) is 35.8 Å². The van der Waals surface area contributed by atoms with Crippen LogP contribution < -0.4 is 4.90 Å². The number of anilines is 1. The highest BCUT2D eigenvalue weighted by molar-refractivity contribution is 6.31. The Morgan fingerprint density at radius 2 is 1.41 bits per heavy atom.